The number of rotatable bonds is 8. The van der Waals surface area contributed by atoms with Gasteiger partial charge in [0, 0.05) is 4.75 Å². The standard InChI is InChI=1S/C23H44S/c1-19(2,3)22(8,9)17-20(4,5)15-13-12-14-16-21(6,7)18-23(10,11)24/h13-16,24H,12,17-18H2,1-11H3/b15-13-,16-14-. The molecule has 0 saturated heterocycles. The molecule has 24 heavy (non-hydrogen) atoms. The predicted molar refractivity (Wildman–Crippen MR) is 116 cm³/mol. The van der Waals surface area contributed by atoms with Crippen LogP contribution in [0.4, 0.5) is 0 Å². The maximum absolute atomic E-state index is 4.66. The van der Waals surface area contributed by atoms with Crippen LogP contribution in [-0.4, -0.2) is 4.75 Å². The van der Waals surface area contributed by atoms with Crippen molar-refractivity contribution in [1.82, 2.24) is 0 Å². The minimum atomic E-state index is 0.0736. The Hall–Kier alpha value is -0.170. The van der Waals surface area contributed by atoms with Crippen LogP contribution in [0.5, 0.6) is 0 Å². The molecule has 0 saturated carbocycles. The Morgan fingerprint density at radius 3 is 1.33 bits per heavy atom. The molecule has 0 spiro atoms. The number of allylic oxidation sites excluding steroid dienone is 4. The van der Waals surface area contributed by atoms with Crippen LogP contribution in [0, 0.1) is 21.7 Å². The molecule has 0 fully saturated rings. The van der Waals surface area contributed by atoms with Crippen molar-refractivity contribution in [2.24, 2.45) is 21.7 Å². The molecule has 0 nitrogen and oxygen atoms in total. The lowest BCUT2D eigenvalue weighted by atomic mass is 9.62. The summed E-state index contributed by atoms with van der Waals surface area (Å²) in [5, 5.41) is 0. The van der Waals surface area contributed by atoms with E-state index in [0.29, 0.717) is 10.8 Å². The second kappa shape index (κ2) is 8.02. The van der Waals surface area contributed by atoms with Crippen LogP contribution in [0.3, 0.4) is 0 Å². The molecule has 0 bridgehead atoms. The highest BCUT2D eigenvalue weighted by molar-refractivity contribution is 7.81. The predicted octanol–water partition coefficient (Wildman–Crippen LogP) is 8.10. The van der Waals surface area contributed by atoms with Gasteiger partial charge in [0.15, 0.2) is 0 Å². The van der Waals surface area contributed by atoms with Gasteiger partial charge in [-0.25, -0.2) is 0 Å². The average molecular weight is 353 g/mol. The summed E-state index contributed by atoms with van der Waals surface area (Å²) in [6.45, 7) is 25.5. The summed E-state index contributed by atoms with van der Waals surface area (Å²) in [5.41, 5.74) is 1.06. The van der Waals surface area contributed by atoms with Gasteiger partial charge in [-0.2, -0.15) is 12.6 Å². The molecule has 0 rings (SSSR count). The van der Waals surface area contributed by atoms with Gasteiger partial charge in [-0.15, -0.1) is 0 Å². The van der Waals surface area contributed by atoms with Gasteiger partial charge >= 0.3 is 0 Å². The van der Waals surface area contributed by atoms with Gasteiger partial charge in [0.1, 0.15) is 0 Å². The molecule has 0 aliphatic heterocycles. The van der Waals surface area contributed by atoms with Crippen molar-refractivity contribution >= 4 is 12.6 Å². The minimum Gasteiger partial charge on any atom is -0.173 e. The second-order valence-electron chi connectivity index (χ2n) is 11.3. The van der Waals surface area contributed by atoms with E-state index in [1.54, 1.807) is 0 Å². The SMILES string of the molecule is CC(C)(S)CC(C)(C)/C=C\C/C=C\C(C)(C)CC(C)(C)C(C)(C)C. The van der Waals surface area contributed by atoms with Crippen molar-refractivity contribution in [2.75, 3.05) is 0 Å². The Kier molecular flexibility index (Phi) is 7.96. The maximum Gasteiger partial charge on any atom is 0.00812 e. The lowest BCUT2D eigenvalue weighted by molar-refractivity contribution is 0.0836. The molecule has 0 amide bonds. The van der Waals surface area contributed by atoms with Crippen molar-refractivity contribution in [1.29, 1.82) is 0 Å². The molecule has 0 atom stereocenters. The first kappa shape index (κ1) is 23.8. The summed E-state index contributed by atoms with van der Waals surface area (Å²) in [4.78, 5) is 0. The zero-order valence-electron chi connectivity index (χ0n) is 18.4. The summed E-state index contributed by atoms with van der Waals surface area (Å²) in [5.74, 6) is 0. The van der Waals surface area contributed by atoms with Crippen LogP contribution >= 0.6 is 12.6 Å². The molecular formula is C23H44S. The number of hydrogen-bond donors (Lipinski definition) is 1. The van der Waals surface area contributed by atoms with Crippen molar-refractivity contribution in [2.45, 2.75) is 100 Å². The van der Waals surface area contributed by atoms with E-state index in [1.165, 1.54) is 6.42 Å². The molecule has 0 aliphatic rings. The van der Waals surface area contributed by atoms with E-state index in [9.17, 15) is 0 Å². The van der Waals surface area contributed by atoms with Gasteiger partial charge in [0.2, 0.25) is 0 Å². The highest BCUT2D eigenvalue weighted by Gasteiger charge is 2.36. The minimum absolute atomic E-state index is 0.0736. The third kappa shape index (κ3) is 9.97. The summed E-state index contributed by atoms with van der Waals surface area (Å²) in [6.07, 6.45) is 12.7. The lowest BCUT2D eigenvalue weighted by Crippen LogP contribution is -2.33. The Morgan fingerprint density at radius 1 is 0.625 bits per heavy atom. The highest BCUT2D eigenvalue weighted by atomic mass is 32.1. The van der Waals surface area contributed by atoms with Crippen LogP contribution in [0.1, 0.15) is 95.4 Å². The first-order valence-corrected chi connectivity index (χ1v) is 9.90. The second-order valence-corrected chi connectivity index (χ2v) is 12.5. The van der Waals surface area contributed by atoms with Crippen LogP contribution in [0.2, 0.25) is 0 Å². The van der Waals surface area contributed by atoms with E-state index < -0.39 is 0 Å². The molecule has 0 N–H and O–H groups in total. The monoisotopic (exact) mass is 352 g/mol. The van der Waals surface area contributed by atoms with Crippen molar-refractivity contribution in [3.8, 4) is 0 Å². The van der Waals surface area contributed by atoms with Gasteiger partial charge in [0.05, 0.1) is 0 Å². The van der Waals surface area contributed by atoms with Crippen molar-refractivity contribution < 1.29 is 0 Å². The van der Waals surface area contributed by atoms with E-state index in [4.69, 9.17) is 0 Å². The third-order valence-electron chi connectivity index (χ3n) is 5.23. The first-order valence-electron chi connectivity index (χ1n) is 9.45. The van der Waals surface area contributed by atoms with E-state index in [-0.39, 0.29) is 15.6 Å². The molecule has 0 aromatic rings. The van der Waals surface area contributed by atoms with E-state index >= 15 is 0 Å². The largest absolute Gasteiger partial charge is 0.173 e. The third-order valence-corrected chi connectivity index (χ3v) is 5.38. The molecule has 0 aromatic heterocycles. The zero-order chi connectivity index (χ0) is 19.4. The zero-order valence-corrected chi connectivity index (χ0v) is 19.3. The summed E-state index contributed by atoms with van der Waals surface area (Å²) in [6, 6.07) is 0. The Bertz CT molecular complexity index is 434. The smallest absolute Gasteiger partial charge is 0.00812 e. The van der Waals surface area contributed by atoms with Crippen LogP contribution in [0.25, 0.3) is 0 Å². The van der Waals surface area contributed by atoms with Gasteiger partial charge in [-0.05, 0) is 40.9 Å². The van der Waals surface area contributed by atoms with Gasteiger partial charge in [-0.3, -0.25) is 0 Å². The average Bonchev–Trinajstić information content (AvgIpc) is 2.21. The normalized spacial score (nSPS) is 15.7. The van der Waals surface area contributed by atoms with E-state index in [0.717, 1.165) is 12.8 Å². The molecule has 0 heterocycles. The molecular weight excluding hydrogens is 308 g/mol. The Morgan fingerprint density at radius 2 is 1.00 bits per heavy atom. The van der Waals surface area contributed by atoms with Crippen molar-refractivity contribution in [3.05, 3.63) is 24.3 Å². The van der Waals surface area contributed by atoms with Crippen molar-refractivity contribution in [3.63, 3.8) is 0 Å². The van der Waals surface area contributed by atoms with Gasteiger partial charge in [0.25, 0.3) is 0 Å². The fourth-order valence-electron chi connectivity index (χ4n) is 3.49. The summed E-state index contributed by atoms with van der Waals surface area (Å²) < 4.78 is 0.0736. The lowest BCUT2D eigenvalue weighted by Gasteiger charge is -2.43. The number of hydrogen-bond acceptors (Lipinski definition) is 1. The van der Waals surface area contributed by atoms with Crippen LogP contribution < -0.4 is 0 Å². The first-order chi connectivity index (χ1) is 10.4. The van der Waals surface area contributed by atoms with Crippen LogP contribution in [-0.2, 0) is 0 Å². The quantitative estimate of drug-likeness (QED) is 0.331. The molecule has 1 heteroatoms. The topological polar surface area (TPSA) is 0 Å². The molecule has 142 valence electrons. The number of thiol groups is 1. The molecule has 0 aromatic carbocycles. The van der Waals surface area contributed by atoms with E-state index in [1.807, 2.05) is 0 Å². The van der Waals surface area contributed by atoms with Gasteiger partial charge < -0.3 is 0 Å². The summed E-state index contributed by atoms with van der Waals surface area (Å²) >= 11 is 4.66. The summed E-state index contributed by atoms with van der Waals surface area (Å²) in [7, 11) is 0. The fourth-order valence-corrected chi connectivity index (χ4v) is 3.90. The molecule has 0 unspecified atom stereocenters. The van der Waals surface area contributed by atoms with Crippen LogP contribution in [0.15, 0.2) is 24.3 Å². The molecule has 0 aliphatic carbocycles. The maximum atomic E-state index is 4.66. The fraction of sp³-hybridized carbons (Fsp3) is 0.826. The molecule has 0 radical (unpaired) electrons. The Balaban J connectivity index is 4.67. The van der Waals surface area contributed by atoms with E-state index in [2.05, 4.69) is 113 Å². The Labute approximate surface area is 159 Å². The highest BCUT2D eigenvalue weighted by Crippen LogP contribution is 2.46. The van der Waals surface area contributed by atoms with Gasteiger partial charge in [-0.1, -0.05) is 100 Å².